The van der Waals surface area contributed by atoms with Crippen LogP contribution in [-0.4, -0.2) is 73.3 Å². The van der Waals surface area contributed by atoms with Crippen molar-refractivity contribution in [1.29, 1.82) is 0 Å². The Labute approximate surface area is 203 Å². The summed E-state index contributed by atoms with van der Waals surface area (Å²) in [6.45, 7) is 7.59. The number of carbonyl (C=O) groups excluding carboxylic acids is 1. The molecule has 186 valence electrons. The average Bonchev–Trinajstić information content (AvgIpc) is 2.79. The number of nitrogens with zero attached hydrogens (tertiary/aromatic N) is 4. The fraction of sp³-hybridized carbons (Fsp3) is 0.522. The van der Waals surface area contributed by atoms with Crippen LogP contribution in [-0.2, 0) is 16.1 Å². The quantitative estimate of drug-likeness (QED) is 0.540. The molecule has 1 fully saturated rings. The molecule has 3 rings (SSSR count). The highest BCUT2D eigenvalue weighted by Gasteiger charge is 2.27. The molecule has 1 saturated heterocycles. The Morgan fingerprint density at radius 2 is 1.82 bits per heavy atom. The summed E-state index contributed by atoms with van der Waals surface area (Å²) in [4.78, 5) is 46.3. The number of amides is 1. The van der Waals surface area contributed by atoms with E-state index in [-0.39, 0.29) is 43.0 Å². The number of rotatable bonds is 9. The van der Waals surface area contributed by atoms with E-state index in [2.05, 4.69) is 9.88 Å². The van der Waals surface area contributed by atoms with Gasteiger partial charge in [-0.3, -0.25) is 24.0 Å². The van der Waals surface area contributed by atoms with Crippen molar-refractivity contribution >= 4 is 34.7 Å². The molecule has 0 atom stereocenters. The number of H-pyrrole nitrogens is 1. The van der Waals surface area contributed by atoms with Crippen molar-refractivity contribution in [3.8, 4) is 0 Å². The number of hydrogen-bond acceptors (Lipinski definition) is 7. The lowest BCUT2D eigenvalue weighted by Gasteiger charge is -2.36. The lowest BCUT2D eigenvalue weighted by molar-refractivity contribution is -0.120. The highest BCUT2D eigenvalue weighted by Crippen LogP contribution is 2.21. The van der Waals surface area contributed by atoms with Crippen LogP contribution in [0.2, 0.25) is 5.02 Å². The number of nitrogen functional groups attached to an aromatic ring is 1. The van der Waals surface area contributed by atoms with Gasteiger partial charge in [0.2, 0.25) is 5.91 Å². The molecule has 0 spiro atoms. The molecule has 0 bridgehead atoms. The highest BCUT2D eigenvalue weighted by molar-refractivity contribution is 6.30. The van der Waals surface area contributed by atoms with Crippen LogP contribution < -0.4 is 26.8 Å². The Morgan fingerprint density at radius 3 is 2.41 bits per heavy atom. The fourth-order valence-corrected chi connectivity index (χ4v) is 4.15. The molecule has 2 heterocycles. The molecular weight excluding hydrogens is 460 g/mol. The van der Waals surface area contributed by atoms with Crippen LogP contribution in [0.25, 0.3) is 0 Å². The molecule has 1 aliphatic heterocycles. The SMILES string of the molecule is COCCN(C(=O)CN1CCN(c2ccc(Cl)cc2)CC1)c1c(N)n(CC(C)C)c(=O)[nH]c1=O. The number of halogens is 1. The van der Waals surface area contributed by atoms with Crippen LogP contribution in [0, 0.1) is 5.92 Å². The smallest absolute Gasteiger partial charge is 0.330 e. The van der Waals surface area contributed by atoms with E-state index in [9.17, 15) is 14.4 Å². The second-order valence-electron chi connectivity index (χ2n) is 8.78. The van der Waals surface area contributed by atoms with E-state index in [1.165, 1.54) is 16.6 Å². The Hall–Kier alpha value is -2.82. The predicted molar refractivity (Wildman–Crippen MR) is 135 cm³/mol. The van der Waals surface area contributed by atoms with E-state index in [1.807, 2.05) is 43.0 Å². The van der Waals surface area contributed by atoms with Gasteiger partial charge in [0, 0.05) is 57.1 Å². The molecule has 0 unspecified atom stereocenters. The van der Waals surface area contributed by atoms with Gasteiger partial charge in [-0.15, -0.1) is 0 Å². The molecule has 2 aromatic rings. The van der Waals surface area contributed by atoms with Gasteiger partial charge in [-0.2, -0.15) is 0 Å². The van der Waals surface area contributed by atoms with Crippen LogP contribution in [0.4, 0.5) is 17.2 Å². The number of aromatic nitrogens is 2. The van der Waals surface area contributed by atoms with E-state index in [4.69, 9.17) is 22.1 Å². The van der Waals surface area contributed by atoms with E-state index < -0.39 is 11.2 Å². The number of nitrogens with two attached hydrogens (primary N) is 1. The van der Waals surface area contributed by atoms with E-state index in [0.29, 0.717) is 24.7 Å². The standard InChI is InChI=1S/C23H33ClN6O4/c1-16(2)14-30-21(25)20(22(32)26-23(30)33)29(12-13-34-3)19(31)15-27-8-10-28(11-9-27)18-6-4-17(24)5-7-18/h4-7,16H,8-15,25H2,1-3H3,(H,26,32,33). The Morgan fingerprint density at radius 1 is 1.18 bits per heavy atom. The molecule has 0 aliphatic carbocycles. The third-order valence-electron chi connectivity index (χ3n) is 5.77. The molecule has 11 heteroatoms. The van der Waals surface area contributed by atoms with Crippen molar-refractivity contribution < 1.29 is 9.53 Å². The number of hydrogen-bond donors (Lipinski definition) is 2. The van der Waals surface area contributed by atoms with Gasteiger partial charge in [-0.1, -0.05) is 25.4 Å². The predicted octanol–water partition coefficient (Wildman–Crippen LogP) is 1.23. The second kappa shape index (κ2) is 11.5. The largest absolute Gasteiger partial charge is 0.383 e. The first-order valence-corrected chi connectivity index (χ1v) is 11.7. The van der Waals surface area contributed by atoms with E-state index in [0.717, 1.165) is 18.8 Å². The Balaban J connectivity index is 1.76. The number of ether oxygens (including phenoxy) is 1. The van der Waals surface area contributed by atoms with E-state index in [1.54, 1.807) is 0 Å². The van der Waals surface area contributed by atoms with Crippen molar-refractivity contribution in [2.75, 3.05) is 68.5 Å². The molecule has 1 aromatic carbocycles. The van der Waals surface area contributed by atoms with Gasteiger partial charge < -0.3 is 20.3 Å². The zero-order valence-corrected chi connectivity index (χ0v) is 20.7. The maximum absolute atomic E-state index is 13.3. The molecule has 34 heavy (non-hydrogen) atoms. The van der Waals surface area contributed by atoms with Crippen molar-refractivity contribution in [3.05, 3.63) is 50.1 Å². The minimum atomic E-state index is -0.681. The maximum atomic E-state index is 13.3. The molecule has 0 radical (unpaired) electrons. The van der Waals surface area contributed by atoms with E-state index >= 15 is 0 Å². The summed E-state index contributed by atoms with van der Waals surface area (Å²) < 4.78 is 6.46. The zero-order valence-electron chi connectivity index (χ0n) is 19.9. The summed E-state index contributed by atoms with van der Waals surface area (Å²) in [5.74, 6) is -0.165. The molecule has 1 amide bonds. The topological polar surface area (TPSA) is 117 Å². The van der Waals surface area contributed by atoms with Crippen molar-refractivity contribution in [2.45, 2.75) is 20.4 Å². The summed E-state index contributed by atoms with van der Waals surface area (Å²) >= 11 is 5.98. The molecule has 3 N–H and O–H groups in total. The summed E-state index contributed by atoms with van der Waals surface area (Å²) in [6, 6.07) is 7.69. The first-order chi connectivity index (χ1) is 16.2. The number of benzene rings is 1. The number of piperazine rings is 1. The summed E-state index contributed by atoms with van der Waals surface area (Å²) in [5, 5.41) is 0.693. The summed E-state index contributed by atoms with van der Waals surface area (Å²) in [7, 11) is 1.52. The normalized spacial score (nSPS) is 14.6. The van der Waals surface area contributed by atoms with Crippen molar-refractivity contribution in [1.82, 2.24) is 14.5 Å². The molecule has 1 aromatic heterocycles. The first kappa shape index (κ1) is 25.8. The number of anilines is 3. The monoisotopic (exact) mass is 492 g/mol. The minimum Gasteiger partial charge on any atom is -0.383 e. The number of aromatic amines is 1. The average molecular weight is 493 g/mol. The number of nitrogens with one attached hydrogen (secondary N) is 1. The minimum absolute atomic E-state index is 0.0119. The lowest BCUT2D eigenvalue weighted by Crippen LogP contribution is -2.51. The first-order valence-electron chi connectivity index (χ1n) is 11.4. The van der Waals surface area contributed by atoms with Crippen LogP contribution >= 0.6 is 11.6 Å². The van der Waals surface area contributed by atoms with Gasteiger partial charge in [-0.05, 0) is 30.2 Å². The lowest BCUT2D eigenvalue weighted by atomic mass is 10.2. The van der Waals surface area contributed by atoms with Gasteiger partial charge >= 0.3 is 5.69 Å². The van der Waals surface area contributed by atoms with Crippen molar-refractivity contribution in [3.63, 3.8) is 0 Å². The van der Waals surface area contributed by atoms with Crippen LogP contribution in [0.5, 0.6) is 0 Å². The Kier molecular flexibility index (Phi) is 8.76. The molecular formula is C23H33ClN6O4. The Bertz CT molecular complexity index is 1090. The van der Waals surface area contributed by atoms with Crippen LogP contribution in [0.3, 0.4) is 0 Å². The number of methoxy groups -OCH3 is 1. The molecule has 1 aliphatic rings. The maximum Gasteiger partial charge on any atom is 0.330 e. The van der Waals surface area contributed by atoms with Crippen molar-refractivity contribution in [2.24, 2.45) is 5.92 Å². The highest BCUT2D eigenvalue weighted by atomic mass is 35.5. The number of carbonyl (C=O) groups is 1. The second-order valence-corrected chi connectivity index (χ2v) is 9.21. The van der Waals surface area contributed by atoms with Crippen LogP contribution in [0.15, 0.2) is 33.9 Å². The van der Waals surface area contributed by atoms with Gasteiger partial charge in [-0.25, -0.2) is 4.79 Å². The fourth-order valence-electron chi connectivity index (χ4n) is 4.02. The van der Waals surface area contributed by atoms with Gasteiger partial charge in [0.25, 0.3) is 5.56 Å². The third kappa shape index (κ3) is 6.19. The molecule has 0 saturated carbocycles. The van der Waals surface area contributed by atoms with Gasteiger partial charge in [0.1, 0.15) is 5.82 Å². The van der Waals surface area contributed by atoms with Gasteiger partial charge in [0.15, 0.2) is 5.69 Å². The summed E-state index contributed by atoms with van der Waals surface area (Å²) in [6.07, 6.45) is 0. The molecule has 10 nitrogen and oxygen atoms in total. The third-order valence-corrected chi connectivity index (χ3v) is 6.03. The van der Waals surface area contributed by atoms with Crippen LogP contribution in [0.1, 0.15) is 13.8 Å². The van der Waals surface area contributed by atoms with Gasteiger partial charge in [0.05, 0.1) is 13.2 Å². The summed E-state index contributed by atoms with van der Waals surface area (Å²) in [5.41, 5.74) is 6.06. The zero-order chi connectivity index (χ0) is 24.8.